The minimum atomic E-state index is 0.914. The maximum absolute atomic E-state index is 4.05. The second kappa shape index (κ2) is 6.48. The third-order valence-corrected chi connectivity index (χ3v) is 3.09. The molecule has 3 heteroatoms. The van der Waals surface area contributed by atoms with E-state index in [2.05, 4.69) is 63.7 Å². The van der Waals surface area contributed by atoms with E-state index in [1.807, 2.05) is 24.3 Å². The summed E-state index contributed by atoms with van der Waals surface area (Å²) < 4.78 is 0. The smallest absolute Gasteiger partial charge is 0.108 e. The van der Waals surface area contributed by atoms with Gasteiger partial charge in [0.05, 0.1) is 11.7 Å². The number of rotatable bonds is 1. The number of fused-ring (bicyclic) bond motifs is 1. The third-order valence-electron chi connectivity index (χ3n) is 3.09. The fraction of sp³-hybridized carbons (Fsp3) is 0. The van der Waals surface area contributed by atoms with Gasteiger partial charge in [0.1, 0.15) is 5.52 Å². The molecule has 0 fully saturated rings. The number of nitrogens with one attached hydrogen (secondary N) is 1. The van der Waals surface area contributed by atoms with Gasteiger partial charge in [0.25, 0.3) is 0 Å². The highest BCUT2D eigenvalue weighted by Crippen LogP contribution is 2.17. The van der Waals surface area contributed by atoms with Gasteiger partial charge >= 0.3 is 0 Å². The van der Waals surface area contributed by atoms with Gasteiger partial charge < -0.3 is 0 Å². The van der Waals surface area contributed by atoms with Gasteiger partial charge in [-0.25, -0.2) is 0 Å². The normalized spacial score (nSPS) is 9.90. The molecule has 0 aliphatic carbocycles. The largest absolute Gasteiger partial charge is 0.276 e. The Kier molecular flexibility index (Phi) is 4.03. The molecule has 0 unspecified atom stereocenters. The molecule has 4 rings (SSSR count). The summed E-state index contributed by atoms with van der Waals surface area (Å²) >= 11 is 0. The SMILES string of the molecule is c1ccc(-c2ccccc2)cc1.c1cnc2cn[nH]c2c1. The van der Waals surface area contributed by atoms with E-state index in [1.54, 1.807) is 12.4 Å². The highest BCUT2D eigenvalue weighted by Gasteiger charge is 1.92. The van der Waals surface area contributed by atoms with E-state index in [9.17, 15) is 0 Å². The number of aromatic amines is 1. The number of nitrogens with zero attached hydrogens (tertiary/aromatic N) is 2. The van der Waals surface area contributed by atoms with Crippen LogP contribution >= 0.6 is 0 Å². The fourth-order valence-electron chi connectivity index (χ4n) is 2.04. The van der Waals surface area contributed by atoms with Gasteiger partial charge in [-0.3, -0.25) is 10.1 Å². The first-order chi connectivity index (χ1) is 10.4. The number of hydrogen-bond donors (Lipinski definition) is 1. The lowest BCUT2D eigenvalue weighted by Crippen LogP contribution is -1.73. The van der Waals surface area contributed by atoms with Gasteiger partial charge in [0.2, 0.25) is 0 Å². The van der Waals surface area contributed by atoms with Crippen LogP contribution in [0.4, 0.5) is 0 Å². The van der Waals surface area contributed by atoms with Crippen LogP contribution in [-0.2, 0) is 0 Å². The molecule has 2 aromatic heterocycles. The minimum absolute atomic E-state index is 0.914. The lowest BCUT2D eigenvalue weighted by Gasteiger charge is -1.98. The quantitative estimate of drug-likeness (QED) is 0.561. The zero-order valence-electron chi connectivity index (χ0n) is 11.5. The highest BCUT2D eigenvalue weighted by molar-refractivity contribution is 5.72. The molecule has 0 aliphatic rings. The van der Waals surface area contributed by atoms with E-state index in [0.29, 0.717) is 0 Å². The van der Waals surface area contributed by atoms with E-state index in [-0.39, 0.29) is 0 Å². The van der Waals surface area contributed by atoms with Crippen LogP contribution < -0.4 is 0 Å². The molecule has 21 heavy (non-hydrogen) atoms. The van der Waals surface area contributed by atoms with Gasteiger partial charge in [0.15, 0.2) is 0 Å². The van der Waals surface area contributed by atoms with E-state index in [0.717, 1.165) is 11.0 Å². The average Bonchev–Trinajstić information content (AvgIpc) is 3.06. The summed E-state index contributed by atoms with van der Waals surface area (Å²) in [5.74, 6) is 0. The van der Waals surface area contributed by atoms with Gasteiger partial charge in [-0.05, 0) is 23.3 Å². The Labute approximate surface area is 123 Å². The van der Waals surface area contributed by atoms with Crippen molar-refractivity contribution in [3.63, 3.8) is 0 Å². The molecule has 2 heterocycles. The summed E-state index contributed by atoms with van der Waals surface area (Å²) in [5.41, 5.74) is 4.45. The topological polar surface area (TPSA) is 41.6 Å². The first-order valence-corrected chi connectivity index (χ1v) is 6.78. The summed E-state index contributed by atoms with van der Waals surface area (Å²) in [6.45, 7) is 0. The maximum Gasteiger partial charge on any atom is 0.108 e. The molecule has 3 nitrogen and oxygen atoms in total. The van der Waals surface area contributed by atoms with Crippen LogP contribution in [-0.4, -0.2) is 15.2 Å². The number of aromatic nitrogens is 3. The highest BCUT2D eigenvalue weighted by atomic mass is 15.1. The van der Waals surface area contributed by atoms with Gasteiger partial charge in [-0.1, -0.05) is 60.7 Å². The molecule has 0 saturated carbocycles. The van der Waals surface area contributed by atoms with Crippen molar-refractivity contribution in [1.82, 2.24) is 15.2 Å². The van der Waals surface area contributed by atoms with Crippen molar-refractivity contribution in [3.8, 4) is 11.1 Å². The molecule has 0 bridgehead atoms. The molecule has 2 aromatic carbocycles. The van der Waals surface area contributed by atoms with Crippen LogP contribution in [0.1, 0.15) is 0 Å². The van der Waals surface area contributed by atoms with Crippen molar-refractivity contribution in [2.24, 2.45) is 0 Å². The molecular weight excluding hydrogens is 258 g/mol. The Balaban J connectivity index is 0.000000131. The van der Waals surface area contributed by atoms with Crippen LogP contribution in [0.5, 0.6) is 0 Å². The number of benzene rings is 2. The molecule has 102 valence electrons. The lowest BCUT2D eigenvalue weighted by molar-refractivity contribution is 1.12. The first kappa shape index (κ1) is 13.1. The zero-order chi connectivity index (χ0) is 14.3. The van der Waals surface area contributed by atoms with Crippen molar-refractivity contribution in [2.75, 3.05) is 0 Å². The van der Waals surface area contributed by atoms with Crippen molar-refractivity contribution in [2.45, 2.75) is 0 Å². The molecule has 0 aliphatic heterocycles. The fourth-order valence-corrected chi connectivity index (χ4v) is 2.04. The summed E-state index contributed by atoms with van der Waals surface area (Å²) in [5, 5.41) is 6.62. The monoisotopic (exact) mass is 273 g/mol. The van der Waals surface area contributed by atoms with Gasteiger partial charge in [-0.2, -0.15) is 5.10 Å². The summed E-state index contributed by atoms with van der Waals surface area (Å²) in [6.07, 6.45) is 3.45. The Morgan fingerprint density at radius 1 is 0.667 bits per heavy atom. The molecule has 0 saturated heterocycles. The van der Waals surface area contributed by atoms with Crippen molar-refractivity contribution < 1.29 is 0 Å². The molecule has 4 aromatic rings. The van der Waals surface area contributed by atoms with Crippen LogP contribution in [0.2, 0.25) is 0 Å². The molecule has 1 N–H and O–H groups in total. The number of pyridine rings is 1. The second-order valence-electron chi connectivity index (χ2n) is 4.54. The molecule has 0 radical (unpaired) electrons. The molecular formula is C18H15N3. The zero-order valence-corrected chi connectivity index (χ0v) is 11.5. The predicted molar refractivity (Wildman–Crippen MR) is 85.8 cm³/mol. The van der Waals surface area contributed by atoms with E-state index >= 15 is 0 Å². The second-order valence-corrected chi connectivity index (χ2v) is 4.54. The lowest BCUT2D eigenvalue weighted by atomic mass is 10.1. The summed E-state index contributed by atoms with van der Waals surface area (Å²) in [4.78, 5) is 4.05. The number of H-pyrrole nitrogens is 1. The molecule has 0 amide bonds. The Bertz CT molecular complexity index is 724. The summed E-state index contributed by atoms with van der Waals surface area (Å²) in [7, 11) is 0. The van der Waals surface area contributed by atoms with Crippen LogP contribution in [0.3, 0.4) is 0 Å². The van der Waals surface area contributed by atoms with Gasteiger partial charge in [-0.15, -0.1) is 0 Å². The van der Waals surface area contributed by atoms with Crippen LogP contribution in [0.25, 0.3) is 22.2 Å². The predicted octanol–water partition coefficient (Wildman–Crippen LogP) is 4.31. The minimum Gasteiger partial charge on any atom is -0.276 e. The van der Waals surface area contributed by atoms with E-state index in [4.69, 9.17) is 0 Å². The Hall–Kier alpha value is -2.94. The van der Waals surface area contributed by atoms with Gasteiger partial charge in [0, 0.05) is 6.20 Å². The van der Waals surface area contributed by atoms with Crippen LogP contribution in [0, 0.1) is 0 Å². The standard InChI is InChI=1S/C12H10.C6H5N3/c1-3-7-11(8-4-1)12-9-5-2-6-10-12;1-2-5-6(7-3-1)4-8-9-5/h1-10H;1-4H,(H,8,9). The maximum atomic E-state index is 4.05. The Morgan fingerprint density at radius 3 is 1.86 bits per heavy atom. The van der Waals surface area contributed by atoms with Crippen molar-refractivity contribution in [1.29, 1.82) is 0 Å². The summed E-state index contributed by atoms with van der Waals surface area (Å²) in [6, 6.07) is 24.6. The molecule has 0 spiro atoms. The third kappa shape index (κ3) is 3.34. The molecule has 0 atom stereocenters. The Morgan fingerprint density at radius 2 is 1.29 bits per heavy atom. The van der Waals surface area contributed by atoms with Crippen LogP contribution in [0.15, 0.2) is 85.2 Å². The van der Waals surface area contributed by atoms with E-state index in [1.165, 1.54) is 11.1 Å². The van der Waals surface area contributed by atoms with Crippen molar-refractivity contribution >= 4 is 11.0 Å². The van der Waals surface area contributed by atoms with Crippen molar-refractivity contribution in [3.05, 3.63) is 85.2 Å². The van der Waals surface area contributed by atoms with E-state index < -0.39 is 0 Å². The number of hydrogen-bond acceptors (Lipinski definition) is 2. The first-order valence-electron chi connectivity index (χ1n) is 6.78. The average molecular weight is 273 g/mol.